The van der Waals surface area contributed by atoms with E-state index in [-0.39, 0.29) is 11.2 Å². The third-order valence-corrected chi connectivity index (χ3v) is 3.41. The Morgan fingerprint density at radius 1 is 1.39 bits per heavy atom. The molecule has 0 aromatic heterocycles. The highest BCUT2D eigenvalue weighted by Gasteiger charge is 2.31. The topological polar surface area (TPSA) is 52.3 Å². The summed E-state index contributed by atoms with van der Waals surface area (Å²) in [5.74, 6) is 0.717. The average molecular weight is 247 g/mol. The molecule has 1 heterocycles. The molecule has 98 valence electrons. The minimum absolute atomic E-state index is 0.0266. The summed E-state index contributed by atoms with van der Waals surface area (Å²) in [6.45, 7) is 6.62. The van der Waals surface area contributed by atoms with Crippen molar-refractivity contribution in [2.24, 2.45) is 11.1 Å². The Morgan fingerprint density at radius 2 is 2.11 bits per heavy atom. The van der Waals surface area contributed by atoms with Crippen LogP contribution in [0.5, 0.6) is 5.75 Å². The fourth-order valence-corrected chi connectivity index (χ4v) is 2.14. The number of hydrogen-bond donors (Lipinski definition) is 1. The van der Waals surface area contributed by atoms with Crippen molar-refractivity contribution in [3.05, 3.63) is 29.3 Å². The van der Waals surface area contributed by atoms with Gasteiger partial charge in [0.2, 0.25) is 0 Å². The molecule has 18 heavy (non-hydrogen) atoms. The summed E-state index contributed by atoms with van der Waals surface area (Å²) in [4.78, 5) is 12.5. The number of ketones is 1. The van der Waals surface area contributed by atoms with Crippen LogP contribution in [0.15, 0.2) is 18.2 Å². The number of carbonyl (C=O) groups is 1. The first-order chi connectivity index (χ1) is 8.41. The first-order valence-electron chi connectivity index (χ1n) is 6.46. The lowest BCUT2D eigenvalue weighted by Gasteiger charge is -2.27. The van der Waals surface area contributed by atoms with E-state index < -0.39 is 6.04 Å². The van der Waals surface area contributed by atoms with Gasteiger partial charge >= 0.3 is 0 Å². The Morgan fingerprint density at radius 3 is 2.78 bits per heavy atom. The summed E-state index contributed by atoms with van der Waals surface area (Å²) >= 11 is 0. The normalized spacial score (nSPS) is 16.7. The highest BCUT2D eigenvalue weighted by Crippen LogP contribution is 2.31. The van der Waals surface area contributed by atoms with Crippen LogP contribution in [-0.2, 0) is 6.42 Å². The fraction of sp³-hybridized carbons (Fsp3) is 0.533. The van der Waals surface area contributed by atoms with Crippen LogP contribution in [0.25, 0.3) is 0 Å². The molecule has 2 N–H and O–H groups in total. The minimum Gasteiger partial charge on any atom is -0.493 e. The third kappa shape index (κ3) is 2.41. The number of fused-ring (bicyclic) bond motifs is 1. The number of Topliss-reactive ketones (excluding diaryl/α,β-unsaturated/α-hetero) is 1. The predicted octanol–water partition coefficient (Wildman–Crippen LogP) is 2.57. The van der Waals surface area contributed by atoms with Crippen molar-refractivity contribution in [3.8, 4) is 5.75 Å². The molecule has 1 atom stereocenters. The van der Waals surface area contributed by atoms with E-state index >= 15 is 0 Å². The van der Waals surface area contributed by atoms with Gasteiger partial charge in [-0.25, -0.2) is 0 Å². The summed E-state index contributed by atoms with van der Waals surface area (Å²) in [6.07, 6.45) is 1.98. The van der Waals surface area contributed by atoms with Crippen molar-refractivity contribution >= 4 is 5.78 Å². The molecular weight excluding hydrogens is 226 g/mol. The molecule has 0 amide bonds. The van der Waals surface area contributed by atoms with Gasteiger partial charge in [0.15, 0.2) is 5.78 Å². The second kappa shape index (κ2) is 4.73. The zero-order chi connectivity index (χ0) is 13.3. The molecule has 0 bridgehead atoms. The van der Waals surface area contributed by atoms with E-state index in [0.717, 1.165) is 24.2 Å². The Balaban J connectivity index is 2.37. The van der Waals surface area contributed by atoms with Crippen LogP contribution in [0.1, 0.15) is 43.1 Å². The van der Waals surface area contributed by atoms with Crippen LogP contribution >= 0.6 is 0 Å². The highest BCUT2D eigenvalue weighted by molar-refractivity contribution is 6.03. The summed E-state index contributed by atoms with van der Waals surface area (Å²) in [5.41, 5.74) is 7.57. The van der Waals surface area contributed by atoms with Crippen LogP contribution < -0.4 is 10.5 Å². The molecule has 1 aliphatic rings. The molecule has 1 aliphatic heterocycles. The predicted molar refractivity (Wildman–Crippen MR) is 72.0 cm³/mol. The summed E-state index contributed by atoms with van der Waals surface area (Å²) < 4.78 is 5.66. The van der Waals surface area contributed by atoms with Crippen molar-refractivity contribution in [2.75, 3.05) is 6.61 Å². The summed E-state index contributed by atoms with van der Waals surface area (Å²) in [6, 6.07) is 5.25. The maximum absolute atomic E-state index is 12.5. The molecule has 0 radical (unpaired) electrons. The molecule has 0 saturated carbocycles. The minimum atomic E-state index is -0.505. The second-order valence-electron chi connectivity index (χ2n) is 5.95. The summed E-state index contributed by atoms with van der Waals surface area (Å²) in [5, 5.41) is 0. The van der Waals surface area contributed by atoms with E-state index in [9.17, 15) is 4.79 Å². The van der Waals surface area contributed by atoms with Crippen LogP contribution in [0, 0.1) is 5.41 Å². The number of carbonyl (C=O) groups excluding carboxylic acids is 1. The molecule has 0 spiro atoms. The number of nitrogens with two attached hydrogens (primary N) is 1. The van der Waals surface area contributed by atoms with Crippen LogP contribution in [0.4, 0.5) is 0 Å². The van der Waals surface area contributed by atoms with Gasteiger partial charge in [-0.1, -0.05) is 32.9 Å². The lowest BCUT2D eigenvalue weighted by molar-refractivity contribution is 0.0896. The van der Waals surface area contributed by atoms with Gasteiger partial charge in [-0.2, -0.15) is 0 Å². The highest BCUT2D eigenvalue weighted by atomic mass is 16.5. The van der Waals surface area contributed by atoms with E-state index in [1.54, 1.807) is 0 Å². The zero-order valence-corrected chi connectivity index (χ0v) is 11.3. The Labute approximate surface area is 108 Å². The lowest BCUT2D eigenvalue weighted by atomic mass is 9.82. The number of rotatable bonds is 2. The Bertz CT molecular complexity index is 460. The van der Waals surface area contributed by atoms with Gasteiger partial charge in [0.05, 0.1) is 18.2 Å². The van der Waals surface area contributed by atoms with Crippen molar-refractivity contribution in [1.29, 1.82) is 0 Å². The van der Waals surface area contributed by atoms with Crippen LogP contribution in [-0.4, -0.2) is 18.4 Å². The zero-order valence-electron chi connectivity index (χ0n) is 11.3. The van der Waals surface area contributed by atoms with Gasteiger partial charge in [-0.3, -0.25) is 4.79 Å². The first-order valence-corrected chi connectivity index (χ1v) is 6.46. The molecule has 1 aromatic rings. The largest absolute Gasteiger partial charge is 0.493 e. The Hall–Kier alpha value is -1.35. The van der Waals surface area contributed by atoms with Gasteiger partial charge in [-0.15, -0.1) is 0 Å². The second-order valence-corrected chi connectivity index (χ2v) is 5.95. The van der Waals surface area contributed by atoms with Gasteiger partial charge in [0.1, 0.15) is 5.75 Å². The van der Waals surface area contributed by atoms with E-state index in [4.69, 9.17) is 10.5 Å². The van der Waals surface area contributed by atoms with E-state index in [2.05, 4.69) is 0 Å². The molecule has 2 rings (SSSR count). The van der Waals surface area contributed by atoms with Gasteiger partial charge in [-0.05, 0) is 29.9 Å². The van der Waals surface area contributed by atoms with Crippen LogP contribution in [0.2, 0.25) is 0 Å². The lowest BCUT2D eigenvalue weighted by Crippen LogP contribution is -2.42. The standard InChI is InChI=1S/C15H21NO2/c1-15(2,3)14(16)12(17)11-8-4-6-10-7-5-9-18-13(10)11/h4,6,8,14H,5,7,9,16H2,1-3H3. The molecule has 3 nitrogen and oxygen atoms in total. The molecule has 0 aliphatic carbocycles. The first kappa shape index (κ1) is 13.1. The molecule has 1 aromatic carbocycles. The van der Waals surface area contributed by atoms with E-state index in [1.165, 1.54) is 0 Å². The van der Waals surface area contributed by atoms with Crippen LogP contribution in [0.3, 0.4) is 0 Å². The van der Waals surface area contributed by atoms with Crippen molar-refractivity contribution < 1.29 is 9.53 Å². The maximum Gasteiger partial charge on any atom is 0.183 e. The molecule has 0 fully saturated rings. The van der Waals surface area contributed by atoms with Gasteiger partial charge < -0.3 is 10.5 Å². The monoisotopic (exact) mass is 247 g/mol. The number of para-hydroxylation sites is 1. The number of ether oxygens (including phenoxy) is 1. The maximum atomic E-state index is 12.5. The van der Waals surface area contributed by atoms with Crippen molar-refractivity contribution in [1.82, 2.24) is 0 Å². The van der Waals surface area contributed by atoms with Gasteiger partial charge in [0.25, 0.3) is 0 Å². The quantitative estimate of drug-likeness (QED) is 0.817. The van der Waals surface area contributed by atoms with Crippen molar-refractivity contribution in [3.63, 3.8) is 0 Å². The van der Waals surface area contributed by atoms with E-state index in [0.29, 0.717) is 12.2 Å². The fourth-order valence-electron chi connectivity index (χ4n) is 2.14. The van der Waals surface area contributed by atoms with E-state index in [1.807, 2.05) is 39.0 Å². The average Bonchev–Trinajstić information content (AvgIpc) is 2.35. The molecular formula is C15H21NO2. The molecule has 0 saturated heterocycles. The van der Waals surface area contributed by atoms with Gasteiger partial charge in [0, 0.05) is 0 Å². The Kier molecular flexibility index (Phi) is 3.44. The third-order valence-electron chi connectivity index (χ3n) is 3.41. The SMILES string of the molecule is CC(C)(C)C(N)C(=O)c1cccc2c1OCCC2. The molecule has 3 heteroatoms. The number of aryl methyl sites for hydroxylation is 1. The van der Waals surface area contributed by atoms with Crippen molar-refractivity contribution in [2.45, 2.75) is 39.7 Å². The summed E-state index contributed by atoms with van der Waals surface area (Å²) in [7, 11) is 0. The smallest absolute Gasteiger partial charge is 0.183 e. The number of hydrogen-bond acceptors (Lipinski definition) is 3. The molecule has 1 unspecified atom stereocenters. The number of benzene rings is 1.